The van der Waals surface area contributed by atoms with Crippen LogP contribution in [0.5, 0.6) is 0 Å². The van der Waals surface area contributed by atoms with E-state index in [0.717, 1.165) is 12.0 Å². The van der Waals surface area contributed by atoms with Gasteiger partial charge < -0.3 is 9.84 Å². The minimum atomic E-state index is -0.226. The van der Waals surface area contributed by atoms with E-state index < -0.39 is 0 Å². The van der Waals surface area contributed by atoms with Crippen molar-refractivity contribution < 1.29 is 14.6 Å². The van der Waals surface area contributed by atoms with Crippen molar-refractivity contribution in [3.63, 3.8) is 0 Å². The van der Waals surface area contributed by atoms with Gasteiger partial charge in [-0.3, -0.25) is 4.79 Å². The van der Waals surface area contributed by atoms with E-state index in [1.807, 2.05) is 0 Å². The van der Waals surface area contributed by atoms with Gasteiger partial charge in [0.05, 0.1) is 19.3 Å². The normalized spacial score (nSPS) is 16.4. The number of methoxy groups -OCH3 is 1. The number of aliphatic hydroxyl groups is 1. The quantitative estimate of drug-likeness (QED) is 0.638. The largest absolute Gasteiger partial charge is 0.512 e. The second-order valence-electron chi connectivity index (χ2n) is 2.74. The molecular formula is C9H12O3. The maximum atomic E-state index is 10.8. The van der Waals surface area contributed by atoms with E-state index in [4.69, 9.17) is 5.11 Å². The fourth-order valence-corrected chi connectivity index (χ4v) is 1.07. The first kappa shape index (κ1) is 8.84. The van der Waals surface area contributed by atoms with Gasteiger partial charge in [-0.25, -0.2) is 0 Å². The average molecular weight is 168 g/mol. The number of aliphatic hydroxyl groups excluding tert-OH is 1. The minimum Gasteiger partial charge on any atom is -0.512 e. The summed E-state index contributed by atoms with van der Waals surface area (Å²) in [6.45, 7) is 0. The van der Waals surface area contributed by atoms with Crippen molar-refractivity contribution in [2.24, 2.45) is 0 Å². The Morgan fingerprint density at radius 1 is 1.58 bits per heavy atom. The molecule has 0 aromatic carbocycles. The molecule has 1 N–H and O–H groups in total. The summed E-state index contributed by atoms with van der Waals surface area (Å²) >= 11 is 0. The Morgan fingerprint density at radius 3 is 2.83 bits per heavy atom. The second kappa shape index (κ2) is 3.95. The lowest BCUT2D eigenvalue weighted by atomic mass is 10.0. The van der Waals surface area contributed by atoms with Crippen LogP contribution in [0.4, 0.5) is 0 Å². The van der Waals surface area contributed by atoms with Crippen LogP contribution in [-0.4, -0.2) is 18.2 Å². The maximum absolute atomic E-state index is 10.8. The van der Waals surface area contributed by atoms with Crippen molar-refractivity contribution in [2.75, 3.05) is 7.11 Å². The zero-order chi connectivity index (χ0) is 8.97. The van der Waals surface area contributed by atoms with Crippen LogP contribution >= 0.6 is 0 Å². The van der Waals surface area contributed by atoms with Crippen LogP contribution < -0.4 is 0 Å². The average Bonchev–Trinajstić information content (AvgIpc) is 2.09. The molecule has 0 radical (unpaired) electrons. The molecular weight excluding hydrogens is 156 g/mol. The van der Waals surface area contributed by atoms with Crippen molar-refractivity contribution in [1.82, 2.24) is 0 Å². The smallest absolute Gasteiger partial charge is 0.309 e. The van der Waals surface area contributed by atoms with Gasteiger partial charge >= 0.3 is 5.97 Å². The summed E-state index contributed by atoms with van der Waals surface area (Å²) in [5, 5.41) is 9.02. The van der Waals surface area contributed by atoms with Gasteiger partial charge in [-0.1, -0.05) is 11.6 Å². The zero-order valence-electron chi connectivity index (χ0n) is 7.04. The second-order valence-corrected chi connectivity index (χ2v) is 2.74. The molecule has 3 nitrogen and oxygen atoms in total. The molecule has 1 rings (SSSR count). The summed E-state index contributed by atoms with van der Waals surface area (Å²) in [6, 6.07) is 0. The highest BCUT2D eigenvalue weighted by molar-refractivity contribution is 5.72. The fraction of sp³-hybridized carbons (Fsp3) is 0.444. The molecule has 1 aliphatic rings. The van der Waals surface area contributed by atoms with E-state index >= 15 is 0 Å². The topological polar surface area (TPSA) is 46.5 Å². The van der Waals surface area contributed by atoms with Crippen LogP contribution in [0.25, 0.3) is 0 Å². The number of hydrogen-bond acceptors (Lipinski definition) is 3. The number of carbonyl (C=O) groups is 1. The number of ether oxygens (including phenoxy) is 1. The third-order valence-corrected chi connectivity index (χ3v) is 1.81. The van der Waals surface area contributed by atoms with Gasteiger partial charge in [-0.15, -0.1) is 0 Å². The summed E-state index contributed by atoms with van der Waals surface area (Å²) in [4.78, 5) is 10.8. The molecule has 0 heterocycles. The van der Waals surface area contributed by atoms with Gasteiger partial charge in [-0.2, -0.15) is 0 Å². The molecule has 66 valence electrons. The van der Waals surface area contributed by atoms with E-state index in [1.165, 1.54) is 7.11 Å². The summed E-state index contributed by atoms with van der Waals surface area (Å²) in [7, 11) is 1.37. The minimum absolute atomic E-state index is 0.226. The van der Waals surface area contributed by atoms with Crippen LogP contribution in [0.3, 0.4) is 0 Å². The van der Waals surface area contributed by atoms with Crippen LogP contribution in [0.2, 0.25) is 0 Å². The summed E-state index contributed by atoms with van der Waals surface area (Å²) in [5.41, 5.74) is 1.01. The van der Waals surface area contributed by atoms with Crippen molar-refractivity contribution in [2.45, 2.75) is 19.3 Å². The van der Waals surface area contributed by atoms with E-state index in [-0.39, 0.29) is 5.97 Å². The van der Waals surface area contributed by atoms with Gasteiger partial charge in [0.25, 0.3) is 0 Å². The van der Waals surface area contributed by atoms with Crippen molar-refractivity contribution in [1.29, 1.82) is 0 Å². The Kier molecular flexibility index (Phi) is 2.91. The van der Waals surface area contributed by atoms with Crippen LogP contribution in [0.1, 0.15) is 19.3 Å². The molecule has 0 atom stereocenters. The number of rotatable bonds is 2. The van der Waals surface area contributed by atoms with Gasteiger partial charge in [0.2, 0.25) is 0 Å². The van der Waals surface area contributed by atoms with Crippen LogP contribution in [0, 0.1) is 0 Å². The Bertz CT molecular complexity index is 238. The number of carbonyl (C=O) groups excluding carboxylic acids is 1. The van der Waals surface area contributed by atoms with E-state index in [2.05, 4.69) is 4.74 Å². The van der Waals surface area contributed by atoms with Gasteiger partial charge in [0, 0.05) is 6.42 Å². The maximum Gasteiger partial charge on any atom is 0.309 e. The molecule has 0 spiro atoms. The Hall–Kier alpha value is -1.25. The van der Waals surface area contributed by atoms with Gasteiger partial charge in [0.15, 0.2) is 0 Å². The monoisotopic (exact) mass is 168 g/mol. The Morgan fingerprint density at radius 2 is 2.33 bits per heavy atom. The molecule has 0 aromatic heterocycles. The number of allylic oxidation sites excluding steroid dienone is 3. The zero-order valence-corrected chi connectivity index (χ0v) is 7.04. The molecule has 0 fully saturated rings. The van der Waals surface area contributed by atoms with Crippen LogP contribution in [-0.2, 0) is 9.53 Å². The highest BCUT2D eigenvalue weighted by Crippen LogP contribution is 2.19. The Balaban J connectivity index is 2.49. The molecule has 12 heavy (non-hydrogen) atoms. The van der Waals surface area contributed by atoms with Crippen molar-refractivity contribution in [3.05, 3.63) is 23.5 Å². The molecule has 1 aliphatic carbocycles. The first-order chi connectivity index (χ1) is 5.72. The standard InChI is InChI=1S/C9H12O3/c1-12-9(11)6-7-2-4-8(10)5-3-7/h2,4,10H,3,5-6H2,1H3. The van der Waals surface area contributed by atoms with E-state index in [9.17, 15) is 4.79 Å². The third-order valence-electron chi connectivity index (χ3n) is 1.81. The number of hydrogen-bond donors (Lipinski definition) is 1. The highest BCUT2D eigenvalue weighted by Gasteiger charge is 2.09. The van der Waals surface area contributed by atoms with Gasteiger partial charge in [0.1, 0.15) is 0 Å². The highest BCUT2D eigenvalue weighted by atomic mass is 16.5. The fourth-order valence-electron chi connectivity index (χ4n) is 1.07. The SMILES string of the molecule is COC(=O)CC1=CC=C(O)CC1. The molecule has 0 bridgehead atoms. The lowest BCUT2D eigenvalue weighted by Gasteiger charge is -2.09. The van der Waals surface area contributed by atoms with Crippen molar-refractivity contribution in [3.8, 4) is 0 Å². The molecule has 3 heteroatoms. The lowest BCUT2D eigenvalue weighted by molar-refractivity contribution is -0.139. The molecule has 0 aromatic rings. The summed E-state index contributed by atoms with van der Waals surface area (Å²) < 4.78 is 4.52. The lowest BCUT2D eigenvalue weighted by Crippen LogP contribution is -2.03. The predicted molar refractivity (Wildman–Crippen MR) is 44.7 cm³/mol. The predicted octanol–water partition coefficient (Wildman–Crippen LogP) is 1.71. The van der Waals surface area contributed by atoms with Crippen LogP contribution in [0.15, 0.2) is 23.5 Å². The van der Waals surface area contributed by atoms with E-state index in [0.29, 0.717) is 18.6 Å². The van der Waals surface area contributed by atoms with E-state index in [1.54, 1.807) is 12.2 Å². The molecule has 0 unspecified atom stereocenters. The Labute approximate surface area is 71.3 Å². The van der Waals surface area contributed by atoms with Crippen molar-refractivity contribution >= 4 is 5.97 Å². The molecule has 0 aliphatic heterocycles. The molecule has 0 saturated heterocycles. The number of esters is 1. The molecule has 0 saturated carbocycles. The molecule has 0 amide bonds. The summed E-state index contributed by atoms with van der Waals surface area (Å²) in [5.74, 6) is 0.152. The first-order valence-corrected chi connectivity index (χ1v) is 3.87. The third kappa shape index (κ3) is 2.42. The van der Waals surface area contributed by atoms with Gasteiger partial charge in [-0.05, 0) is 12.5 Å². The summed E-state index contributed by atoms with van der Waals surface area (Å²) in [6.07, 6.45) is 5.11. The first-order valence-electron chi connectivity index (χ1n) is 3.87.